The number of nitrogens with one attached hydrogen (secondary N) is 2. The number of thiazole rings is 1. The monoisotopic (exact) mass is 251 g/mol. The van der Waals surface area contributed by atoms with Crippen molar-refractivity contribution in [1.82, 2.24) is 15.0 Å². The molecule has 0 spiro atoms. The third-order valence-corrected chi connectivity index (χ3v) is 2.95. The third-order valence-electron chi connectivity index (χ3n) is 1.98. The summed E-state index contributed by atoms with van der Waals surface area (Å²) in [5.41, 5.74) is 8.98. The molecule has 90 valence electrons. The number of hydrogen-bond acceptors (Lipinski definition) is 8. The topological polar surface area (TPSA) is 115 Å². The summed E-state index contributed by atoms with van der Waals surface area (Å²) in [4.78, 5) is 12.3. The minimum absolute atomic E-state index is 0.165. The molecular formula is C9H13N7S. The molecule has 2 aromatic heterocycles. The van der Waals surface area contributed by atoms with Crippen LogP contribution in [-0.4, -0.2) is 15.0 Å². The van der Waals surface area contributed by atoms with E-state index in [9.17, 15) is 0 Å². The molecule has 2 heterocycles. The van der Waals surface area contributed by atoms with Crippen LogP contribution in [0, 0.1) is 6.92 Å². The summed E-state index contributed by atoms with van der Waals surface area (Å²) in [7, 11) is 0. The lowest BCUT2D eigenvalue weighted by atomic mass is 10.5. The lowest BCUT2D eigenvalue weighted by Gasteiger charge is -2.06. The van der Waals surface area contributed by atoms with E-state index in [0.29, 0.717) is 18.2 Å². The number of nitrogen functional groups attached to an aromatic ring is 2. The van der Waals surface area contributed by atoms with Gasteiger partial charge in [-0.2, -0.15) is 9.97 Å². The molecule has 0 saturated carbocycles. The number of nitrogens with two attached hydrogens (primary N) is 2. The first kappa shape index (κ1) is 11.6. The molecule has 0 radical (unpaired) electrons. The quantitative estimate of drug-likeness (QED) is 0.467. The highest BCUT2D eigenvalue weighted by Crippen LogP contribution is 2.14. The van der Waals surface area contributed by atoms with Crippen LogP contribution in [0.1, 0.15) is 10.7 Å². The Morgan fingerprint density at radius 2 is 2.06 bits per heavy atom. The Morgan fingerprint density at radius 1 is 1.29 bits per heavy atom. The molecule has 0 aliphatic heterocycles. The van der Waals surface area contributed by atoms with E-state index in [4.69, 9.17) is 11.6 Å². The lowest BCUT2D eigenvalue weighted by Crippen LogP contribution is -2.12. The van der Waals surface area contributed by atoms with E-state index in [1.165, 1.54) is 0 Å². The maximum absolute atomic E-state index is 5.54. The summed E-state index contributed by atoms with van der Waals surface area (Å²) >= 11 is 1.59. The molecule has 0 aliphatic carbocycles. The third kappa shape index (κ3) is 3.02. The molecule has 7 nitrogen and oxygen atoms in total. The molecule has 6 N–H and O–H groups in total. The molecule has 0 bridgehead atoms. The Hall–Kier alpha value is -1.93. The molecule has 0 aromatic carbocycles. The van der Waals surface area contributed by atoms with Crippen molar-refractivity contribution in [3.63, 3.8) is 0 Å². The number of nitrogens with zero attached hydrogens (tertiary/aromatic N) is 3. The van der Waals surface area contributed by atoms with Crippen LogP contribution < -0.4 is 22.3 Å². The highest BCUT2D eigenvalue weighted by atomic mass is 32.1. The van der Waals surface area contributed by atoms with Crippen molar-refractivity contribution in [2.75, 3.05) is 16.5 Å². The molecule has 2 aromatic rings. The molecule has 0 unspecified atom stereocenters. The summed E-state index contributed by atoms with van der Waals surface area (Å²) in [6, 6.07) is 1.68. The van der Waals surface area contributed by atoms with Gasteiger partial charge in [-0.25, -0.2) is 10.8 Å². The Morgan fingerprint density at radius 3 is 2.71 bits per heavy atom. The van der Waals surface area contributed by atoms with Crippen LogP contribution in [0.3, 0.4) is 0 Å². The van der Waals surface area contributed by atoms with Crippen LogP contribution in [0.4, 0.5) is 17.6 Å². The summed E-state index contributed by atoms with van der Waals surface area (Å²) in [5.74, 6) is 6.51. The Balaban J connectivity index is 2.05. The van der Waals surface area contributed by atoms with Crippen LogP contribution >= 0.6 is 11.3 Å². The number of hydrazine groups is 1. The molecule has 0 aliphatic rings. The second-order valence-electron chi connectivity index (χ2n) is 3.38. The van der Waals surface area contributed by atoms with Crippen LogP contribution in [0.25, 0.3) is 0 Å². The molecule has 2 rings (SSSR count). The van der Waals surface area contributed by atoms with Gasteiger partial charge >= 0.3 is 0 Å². The normalized spacial score (nSPS) is 10.2. The van der Waals surface area contributed by atoms with Gasteiger partial charge in [-0.3, -0.25) is 0 Å². The molecule has 0 atom stereocenters. The zero-order valence-corrected chi connectivity index (χ0v) is 10.1. The van der Waals surface area contributed by atoms with Crippen LogP contribution in [0.5, 0.6) is 0 Å². The average molecular weight is 251 g/mol. The van der Waals surface area contributed by atoms with Gasteiger partial charge < -0.3 is 16.5 Å². The predicted molar refractivity (Wildman–Crippen MR) is 68.4 cm³/mol. The molecule has 8 heteroatoms. The van der Waals surface area contributed by atoms with Gasteiger partial charge in [0.05, 0.1) is 6.54 Å². The minimum Gasteiger partial charge on any atom is -0.368 e. The molecule has 0 amide bonds. The van der Waals surface area contributed by atoms with Gasteiger partial charge in [0.1, 0.15) is 16.6 Å². The first-order valence-electron chi connectivity index (χ1n) is 4.93. The van der Waals surface area contributed by atoms with E-state index in [1.54, 1.807) is 17.4 Å². The fraction of sp³-hybridized carbons (Fsp3) is 0.222. The summed E-state index contributed by atoms with van der Waals surface area (Å²) in [6.45, 7) is 2.55. The van der Waals surface area contributed by atoms with Crippen molar-refractivity contribution in [1.29, 1.82) is 0 Å². The largest absolute Gasteiger partial charge is 0.368 e. The average Bonchev–Trinajstić information content (AvgIpc) is 2.72. The minimum atomic E-state index is 0.165. The zero-order chi connectivity index (χ0) is 12.3. The lowest BCUT2D eigenvalue weighted by molar-refractivity contribution is 1.05. The van der Waals surface area contributed by atoms with E-state index in [2.05, 4.69) is 25.7 Å². The highest BCUT2D eigenvalue weighted by molar-refractivity contribution is 7.09. The number of hydrogen-bond donors (Lipinski definition) is 4. The highest BCUT2D eigenvalue weighted by Gasteiger charge is 2.03. The maximum Gasteiger partial charge on any atom is 0.223 e. The van der Waals surface area contributed by atoms with Crippen molar-refractivity contribution in [2.45, 2.75) is 13.5 Å². The molecule has 0 saturated heterocycles. The second-order valence-corrected chi connectivity index (χ2v) is 4.32. The number of rotatable bonds is 4. The first-order valence-corrected chi connectivity index (χ1v) is 5.81. The van der Waals surface area contributed by atoms with Crippen LogP contribution in [-0.2, 0) is 6.54 Å². The number of anilines is 3. The Kier molecular flexibility index (Phi) is 3.35. The van der Waals surface area contributed by atoms with E-state index in [1.807, 2.05) is 12.3 Å². The van der Waals surface area contributed by atoms with Crippen molar-refractivity contribution in [3.8, 4) is 0 Å². The van der Waals surface area contributed by atoms with Crippen LogP contribution in [0.15, 0.2) is 11.4 Å². The standard InChI is InChI=1S/C9H13N7S/c1-5-4-17-8(13-5)3-12-6-2-7(16-11)15-9(10)14-6/h2,4H,3,11H2,1H3,(H4,10,12,14,15,16). The fourth-order valence-corrected chi connectivity index (χ4v) is 1.99. The SMILES string of the molecule is Cc1csc(CNc2cc(NN)nc(N)n2)n1. The summed E-state index contributed by atoms with van der Waals surface area (Å²) in [5, 5.41) is 6.10. The van der Waals surface area contributed by atoms with E-state index in [0.717, 1.165) is 10.7 Å². The summed E-state index contributed by atoms with van der Waals surface area (Å²) < 4.78 is 0. The van der Waals surface area contributed by atoms with Gasteiger partial charge in [-0.15, -0.1) is 11.3 Å². The smallest absolute Gasteiger partial charge is 0.223 e. The molecule has 0 fully saturated rings. The van der Waals surface area contributed by atoms with E-state index >= 15 is 0 Å². The number of aromatic nitrogens is 3. The van der Waals surface area contributed by atoms with Gasteiger partial charge in [0, 0.05) is 17.1 Å². The van der Waals surface area contributed by atoms with Crippen molar-refractivity contribution in [3.05, 3.63) is 22.1 Å². The van der Waals surface area contributed by atoms with Gasteiger partial charge in [0.25, 0.3) is 0 Å². The second kappa shape index (κ2) is 4.93. The first-order chi connectivity index (χ1) is 8.17. The fourth-order valence-electron chi connectivity index (χ4n) is 1.28. The Labute approximate surface area is 102 Å². The van der Waals surface area contributed by atoms with Crippen molar-refractivity contribution < 1.29 is 0 Å². The van der Waals surface area contributed by atoms with Crippen molar-refractivity contribution >= 4 is 28.9 Å². The zero-order valence-electron chi connectivity index (χ0n) is 9.27. The molecular weight excluding hydrogens is 238 g/mol. The number of aryl methyl sites for hydroxylation is 1. The van der Waals surface area contributed by atoms with Gasteiger partial charge in [-0.05, 0) is 6.92 Å². The molecule has 17 heavy (non-hydrogen) atoms. The van der Waals surface area contributed by atoms with Gasteiger partial charge in [0.15, 0.2) is 0 Å². The van der Waals surface area contributed by atoms with E-state index in [-0.39, 0.29) is 5.95 Å². The predicted octanol–water partition coefficient (Wildman–Crippen LogP) is 0.721. The van der Waals surface area contributed by atoms with E-state index < -0.39 is 0 Å². The Bertz CT molecular complexity index is 510. The maximum atomic E-state index is 5.54. The van der Waals surface area contributed by atoms with Crippen molar-refractivity contribution in [2.24, 2.45) is 5.84 Å². The van der Waals surface area contributed by atoms with Crippen LogP contribution in [0.2, 0.25) is 0 Å². The van der Waals surface area contributed by atoms with Gasteiger partial charge in [-0.1, -0.05) is 0 Å². The van der Waals surface area contributed by atoms with Gasteiger partial charge in [0.2, 0.25) is 5.95 Å². The summed E-state index contributed by atoms with van der Waals surface area (Å²) in [6.07, 6.45) is 0.